The molecule has 2 atom stereocenters. The van der Waals surface area contributed by atoms with Crippen molar-refractivity contribution in [2.24, 2.45) is 5.92 Å². The summed E-state index contributed by atoms with van der Waals surface area (Å²) in [6.07, 6.45) is 0.712. The van der Waals surface area contributed by atoms with E-state index in [4.69, 9.17) is 4.74 Å². The molecule has 0 radical (unpaired) electrons. The van der Waals surface area contributed by atoms with Crippen LogP contribution in [0.4, 0.5) is 0 Å². The summed E-state index contributed by atoms with van der Waals surface area (Å²) >= 11 is 0. The normalized spacial score (nSPS) is 18.9. The molecular weight excluding hydrogens is 380 g/mol. The van der Waals surface area contributed by atoms with Gasteiger partial charge in [0.2, 0.25) is 5.78 Å². The smallest absolute Gasteiger partial charge is 0.291 e. The van der Waals surface area contributed by atoms with Gasteiger partial charge in [-0.3, -0.25) is 14.4 Å². The first-order valence-corrected chi connectivity index (χ1v) is 10.1. The zero-order valence-corrected chi connectivity index (χ0v) is 17.9. The van der Waals surface area contributed by atoms with Crippen LogP contribution in [0, 0.1) is 12.8 Å². The maximum atomic E-state index is 13.3. The number of amides is 1. The molecule has 0 N–H and O–H groups in total. The number of hydrogen-bond acceptors (Lipinski definition) is 5. The zero-order valence-electron chi connectivity index (χ0n) is 17.9. The summed E-state index contributed by atoms with van der Waals surface area (Å²) in [4.78, 5) is 42.7. The molecule has 1 heterocycles. The highest BCUT2D eigenvalue weighted by Gasteiger charge is 2.51. The van der Waals surface area contributed by atoms with Crippen LogP contribution in [0.1, 0.15) is 33.9 Å². The summed E-state index contributed by atoms with van der Waals surface area (Å²) in [5.41, 5.74) is 2.23. The van der Waals surface area contributed by atoms with Crippen LogP contribution >= 0.6 is 0 Å². The zero-order chi connectivity index (χ0) is 21.8. The number of carbonyl (C=O) groups excluding carboxylic acids is 3. The Morgan fingerprint density at radius 2 is 1.67 bits per heavy atom. The van der Waals surface area contributed by atoms with Crippen LogP contribution in [0.5, 0.6) is 5.75 Å². The van der Waals surface area contributed by atoms with Crippen molar-refractivity contribution in [3.63, 3.8) is 0 Å². The van der Waals surface area contributed by atoms with Crippen molar-refractivity contribution in [3.8, 4) is 5.75 Å². The van der Waals surface area contributed by atoms with E-state index in [1.165, 1.54) is 0 Å². The van der Waals surface area contributed by atoms with E-state index in [2.05, 4.69) is 0 Å². The standard InChI is InChI=1S/C24H28N2O4/c1-16-6-8-18(9-7-16)22(27)20-21(17-10-12-19(30-4)13-11-17)26(24(29)23(20)28)15-5-14-25(2)3/h6-13,20-21H,5,14-15H2,1-4H3. The molecule has 1 fully saturated rings. The highest BCUT2D eigenvalue weighted by Crippen LogP contribution is 2.38. The van der Waals surface area contributed by atoms with Crippen LogP contribution in [0.25, 0.3) is 0 Å². The third-order valence-electron chi connectivity index (χ3n) is 5.49. The highest BCUT2D eigenvalue weighted by molar-refractivity contribution is 6.44. The fraction of sp³-hybridized carbons (Fsp3) is 0.375. The van der Waals surface area contributed by atoms with Gasteiger partial charge in [0.1, 0.15) is 11.7 Å². The van der Waals surface area contributed by atoms with Crippen molar-refractivity contribution in [1.82, 2.24) is 9.80 Å². The number of hydrogen-bond donors (Lipinski definition) is 0. The van der Waals surface area contributed by atoms with E-state index in [9.17, 15) is 14.4 Å². The molecule has 1 aliphatic heterocycles. The van der Waals surface area contributed by atoms with Crippen molar-refractivity contribution in [3.05, 3.63) is 65.2 Å². The molecule has 0 aliphatic carbocycles. The van der Waals surface area contributed by atoms with Crippen molar-refractivity contribution in [1.29, 1.82) is 0 Å². The number of ketones is 2. The molecule has 30 heavy (non-hydrogen) atoms. The van der Waals surface area contributed by atoms with Crippen molar-refractivity contribution in [2.45, 2.75) is 19.4 Å². The lowest BCUT2D eigenvalue weighted by molar-refractivity contribution is -0.140. The van der Waals surface area contributed by atoms with Crippen molar-refractivity contribution in [2.75, 3.05) is 34.3 Å². The molecule has 3 rings (SSSR count). The molecule has 158 valence electrons. The molecule has 0 saturated carbocycles. The summed E-state index contributed by atoms with van der Waals surface area (Å²) in [7, 11) is 5.50. The van der Waals surface area contributed by atoms with Crippen LogP contribution in [-0.4, -0.2) is 61.6 Å². The van der Waals surface area contributed by atoms with Gasteiger partial charge in [-0.1, -0.05) is 42.0 Å². The van der Waals surface area contributed by atoms with Crippen LogP contribution in [0.15, 0.2) is 48.5 Å². The Bertz CT molecular complexity index is 919. The average Bonchev–Trinajstić information content (AvgIpc) is 2.98. The Morgan fingerprint density at radius 3 is 2.23 bits per heavy atom. The van der Waals surface area contributed by atoms with Gasteiger partial charge >= 0.3 is 0 Å². The Hall–Kier alpha value is -2.99. The highest BCUT2D eigenvalue weighted by atomic mass is 16.5. The minimum Gasteiger partial charge on any atom is -0.497 e. The Kier molecular flexibility index (Phi) is 6.67. The molecule has 0 spiro atoms. The van der Waals surface area contributed by atoms with E-state index in [0.29, 0.717) is 24.3 Å². The van der Waals surface area contributed by atoms with Gasteiger partial charge in [-0.25, -0.2) is 0 Å². The molecule has 0 bridgehead atoms. The minimum atomic E-state index is -1.05. The summed E-state index contributed by atoms with van der Waals surface area (Å²) in [6.45, 7) is 3.13. The predicted molar refractivity (Wildman–Crippen MR) is 115 cm³/mol. The van der Waals surface area contributed by atoms with Gasteiger partial charge in [0.25, 0.3) is 5.91 Å². The third-order valence-corrected chi connectivity index (χ3v) is 5.49. The Morgan fingerprint density at radius 1 is 1.03 bits per heavy atom. The summed E-state index contributed by atoms with van der Waals surface area (Å²) in [6, 6.07) is 13.7. The lowest BCUT2D eigenvalue weighted by Gasteiger charge is -2.28. The summed E-state index contributed by atoms with van der Waals surface area (Å²) in [5, 5.41) is 0. The number of carbonyl (C=O) groups is 3. The van der Waals surface area contributed by atoms with Gasteiger partial charge in [0.05, 0.1) is 13.2 Å². The SMILES string of the molecule is COc1ccc(C2C(C(=O)c3ccc(C)cc3)C(=O)C(=O)N2CCCN(C)C)cc1. The fourth-order valence-corrected chi connectivity index (χ4v) is 3.86. The summed E-state index contributed by atoms with van der Waals surface area (Å²) < 4.78 is 5.23. The molecule has 2 aromatic rings. The molecule has 0 aromatic heterocycles. The molecule has 6 nitrogen and oxygen atoms in total. The number of ether oxygens (including phenoxy) is 1. The van der Waals surface area contributed by atoms with Gasteiger partial charge in [-0.05, 0) is 51.7 Å². The van der Waals surface area contributed by atoms with Crippen LogP contribution in [-0.2, 0) is 9.59 Å². The second-order valence-electron chi connectivity index (χ2n) is 7.95. The number of Topliss-reactive ketones (excluding diaryl/α,β-unsaturated/α-hetero) is 2. The topological polar surface area (TPSA) is 66.9 Å². The quantitative estimate of drug-likeness (QED) is 0.382. The second-order valence-corrected chi connectivity index (χ2v) is 7.95. The number of methoxy groups -OCH3 is 1. The van der Waals surface area contributed by atoms with Crippen LogP contribution in [0.2, 0.25) is 0 Å². The first kappa shape index (κ1) is 21.7. The van der Waals surface area contributed by atoms with Gasteiger partial charge in [0.15, 0.2) is 5.78 Å². The van der Waals surface area contributed by atoms with E-state index in [0.717, 1.165) is 17.7 Å². The third kappa shape index (κ3) is 4.44. The van der Waals surface area contributed by atoms with E-state index in [-0.39, 0.29) is 5.78 Å². The van der Waals surface area contributed by atoms with Crippen LogP contribution in [0.3, 0.4) is 0 Å². The monoisotopic (exact) mass is 408 g/mol. The minimum absolute atomic E-state index is 0.315. The average molecular weight is 408 g/mol. The van der Waals surface area contributed by atoms with E-state index in [1.54, 1.807) is 36.3 Å². The predicted octanol–water partition coefficient (Wildman–Crippen LogP) is 2.91. The first-order valence-electron chi connectivity index (χ1n) is 10.1. The number of benzene rings is 2. The Labute approximate surface area is 177 Å². The molecule has 1 amide bonds. The largest absolute Gasteiger partial charge is 0.497 e. The Balaban J connectivity index is 1.98. The lowest BCUT2D eigenvalue weighted by atomic mass is 9.86. The van der Waals surface area contributed by atoms with Gasteiger partial charge in [-0.2, -0.15) is 0 Å². The number of nitrogens with zero attached hydrogens (tertiary/aromatic N) is 2. The molecular formula is C24H28N2O4. The fourth-order valence-electron chi connectivity index (χ4n) is 3.86. The lowest BCUT2D eigenvalue weighted by Crippen LogP contribution is -2.33. The van der Waals surface area contributed by atoms with Gasteiger partial charge in [-0.15, -0.1) is 0 Å². The van der Waals surface area contributed by atoms with Gasteiger partial charge in [0, 0.05) is 12.1 Å². The first-order chi connectivity index (χ1) is 14.3. The van der Waals surface area contributed by atoms with Crippen molar-refractivity contribution < 1.29 is 19.1 Å². The molecule has 2 aromatic carbocycles. The molecule has 1 saturated heterocycles. The summed E-state index contributed by atoms with van der Waals surface area (Å²) in [5.74, 6) is -1.90. The molecule has 2 unspecified atom stereocenters. The number of likely N-dealkylation sites (tertiary alicyclic amines) is 1. The maximum Gasteiger partial charge on any atom is 0.291 e. The van der Waals surface area contributed by atoms with Crippen molar-refractivity contribution >= 4 is 17.5 Å². The molecule has 1 aliphatic rings. The maximum absolute atomic E-state index is 13.3. The van der Waals surface area contributed by atoms with Crippen LogP contribution < -0.4 is 4.74 Å². The number of rotatable bonds is 8. The van der Waals surface area contributed by atoms with E-state index >= 15 is 0 Å². The van der Waals surface area contributed by atoms with Gasteiger partial charge < -0.3 is 14.5 Å². The van der Waals surface area contributed by atoms with E-state index in [1.807, 2.05) is 50.2 Å². The van der Waals surface area contributed by atoms with E-state index < -0.39 is 23.7 Å². The second kappa shape index (κ2) is 9.22. The molecule has 6 heteroatoms. The number of aryl methyl sites for hydroxylation is 1.